The molecular weight excluding hydrogens is 182 g/mol. The first kappa shape index (κ1) is 15.4. The van der Waals surface area contributed by atoms with E-state index in [1.165, 1.54) is 12.5 Å². The summed E-state index contributed by atoms with van der Waals surface area (Å²) in [6.07, 6.45) is 5.11. The minimum atomic E-state index is 1.17. The van der Waals surface area contributed by atoms with Crippen LogP contribution in [0, 0.1) is 11.3 Å². The minimum absolute atomic E-state index is 1.17. The van der Waals surface area contributed by atoms with E-state index >= 15 is 0 Å². The van der Waals surface area contributed by atoms with Gasteiger partial charge in [0.15, 0.2) is 0 Å². The Labute approximate surface area is 92.7 Å². The van der Waals surface area contributed by atoms with Crippen LogP contribution in [0.3, 0.4) is 0 Å². The summed E-state index contributed by atoms with van der Waals surface area (Å²) in [4.78, 5) is 0. The fraction of sp³-hybridized carbons (Fsp3) is 0.0714. The molecule has 0 aliphatic heterocycles. The first-order valence-corrected chi connectivity index (χ1v) is 4.48. The SMILES string of the molecule is C=CC=C.C=Cc1ccccc1.CC#N. The highest BCUT2D eigenvalue weighted by molar-refractivity contribution is 5.45. The van der Waals surface area contributed by atoms with E-state index in [2.05, 4.69) is 19.7 Å². The molecule has 0 amide bonds. The van der Waals surface area contributed by atoms with E-state index in [4.69, 9.17) is 5.26 Å². The largest absolute Gasteiger partial charge is 0.199 e. The number of nitriles is 1. The van der Waals surface area contributed by atoms with Gasteiger partial charge < -0.3 is 0 Å². The van der Waals surface area contributed by atoms with E-state index < -0.39 is 0 Å². The number of rotatable bonds is 2. The average molecular weight is 199 g/mol. The molecule has 0 atom stereocenters. The molecule has 0 N–H and O–H groups in total. The monoisotopic (exact) mass is 199 g/mol. The van der Waals surface area contributed by atoms with Crippen LogP contribution in [0.25, 0.3) is 6.08 Å². The summed E-state index contributed by atoms with van der Waals surface area (Å²) in [6.45, 7) is 11.8. The van der Waals surface area contributed by atoms with Crippen molar-refractivity contribution < 1.29 is 0 Å². The predicted molar refractivity (Wildman–Crippen MR) is 68.2 cm³/mol. The molecule has 0 spiro atoms. The summed E-state index contributed by atoms with van der Waals surface area (Å²) in [7, 11) is 0. The molecule has 1 rings (SSSR count). The molecule has 1 aromatic carbocycles. The molecule has 0 bridgehead atoms. The van der Waals surface area contributed by atoms with E-state index in [1.54, 1.807) is 18.2 Å². The Bertz CT molecular complexity index is 298. The number of hydrogen-bond donors (Lipinski definition) is 0. The molecular formula is C14H17N. The molecule has 0 saturated carbocycles. The smallest absolute Gasteiger partial charge is 0.0587 e. The summed E-state index contributed by atoms with van der Waals surface area (Å²) in [5.41, 5.74) is 1.17. The molecule has 1 nitrogen and oxygen atoms in total. The van der Waals surface area contributed by atoms with Gasteiger partial charge in [-0.25, -0.2) is 0 Å². The van der Waals surface area contributed by atoms with E-state index in [0.29, 0.717) is 0 Å². The maximum atomic E-state index is 7.32. The first-order valence-electron chi connectivity index (χ1n) is 4.48. The Morgan fingerprint density at radius 2 is 1.47 bits per heavy atom. The van der Waals surface area contributed by atoms with Crippen LogP contribution >= 0.6 is 0 Å². The van der Waals surface area contributed by atoms with Crippen molar-refractivity contribution >= 4 is 6.08 Å². The lowest BCUT2D eigenvalue weighted by Gasteiger charge is -1.85. The van der Waals surface area contributed by atoms with Gasteiger partial charge in [0.2, 0.25) is 0 Å². The number of benzene rings is 1. The fourth-order valence-electron chi connectivity index (χ4n) is 0.589. The van der Waals surface area contributed by atoms with E-state index in [1.807, 2.05) is 36.4 Å². The van der Waals surface area contributed by atoms with Gasteiger partial charge in [-0.3, -0.25) is 0 Å². The second-order valence-electron chi connectivity index (χ2n) is 2.31. The Hall–Kier alpha value is -2.07. The van der Waals surface area contributed by atoms with Crippen LogP contribution in [-0.4, -0.2) is 0 Å². The first-order chi connectivity index (χ1) is 7.26. The maximum absolute atomic E-state index is 7.32. The summed E-state index contributed by atoms with van der Waals surface area (Å²) in [5, 5.41) is 7.32. The van der Waals surface area contributed by atoms with Crippen LogP contribution in [-0.2, 0) is 0 Å². The van der Waals surface area contributed by atoms with Gasteiger partial charge in [0, 0.05) is 6.92 Å². The normalized spacial score (nSPS) is 6.40. The van der Waals surface area contributed by atoms with Crippen molar-refractivity contribution in [3.63, 3.8) is 0 Å². The number of nitrogens with zero attached hydrogens (tertiary/aromatic N) is 1. The van der Waals surface area contributed by atoms with E-state index in [-0.39, 0.29) is 0 Å². The molecule has 0 heterocycles. The Balaban J connectivity index is 0. The van der Waals surface area contributed by atoms with Gasteiger partial charge >= 0.3 is 0 Å². The number of allylic oxidation sites excluding steroid dienone is 2. The summed E-state index contributed by atoms with van der Waals surface area (Å²) >= 11 is 0. The molecule has 0 aliphatic carbocycles. The quantitative estimate of drug-likeness (QED) is 0.654. The lowest BCUT2D eigenvalue weighted by Crippen LogP contribution is -1.63. The van der Waals surface area contributed by atoms with Crippen molar-refractivity contribution in [2.45, 2.75) is 6.92 Å². The molecule has 15 heavy (non-hydrogen) atoms. The molecule has 0 aliphatic rings. The molecule has 0 fully saturated rings. The van der Waals surface area contributed by atoms with Crippen LogP contribution in [0.2, 0.25) is 0 Å². The van der Waals surface area contributed by atoms with Gasteiger partial charge in [-0.1, -0.05) is 68.3 Å². The molecule has 1 aromatic rings. The second-order valence-corrected chi connectivity index (χ2v) is 2.31. The molecule has 78 valence electrons. The van der Waals surface area contributed by atoms with Gasteiger partial charge in [0.1, 0.15) is 0 Å². The molecule has 0 unspecified atom stereocenters. The topological polar surface area (TPSA) is 23.8 Å². The number of hydrogen-bond acceptors (Lipinski definition) is 1. The zero-order valence-corrected chi connectivity index (χ0v) is 9.19. The van der Waals surface area contributed by atoms with E-state index in [9.17, 15) is 0 Å². The van der Waals surface area contributed by atoms with Gasteiger partial charge in [-0.2, -0.15) is 5.26 Å². The lowest BCUT2D eigenvalue weighted by atomic mass is 10.2. The molecule has 0 saturated heterocycles. The predicted octanol–water partition coefficient (Wildman–Crippen LogP) is 4.22. The molecule has 1 heteroatoms. The van der Waals surface area contributed by atoms with E-state index in [0.717, 1.165) is 0 Å². The minimum Gasteiger partial charge on any atom is -0.199 e. The van der Waals surface area contributed by atoms with Crippen molar-refractivity contribution in [2.24, 2.45) is 0 Å². The Morgan fingerprint density at radius 3 is 1.67 bits per heavy atom. The zero-order valence-electron chi connectivity index (χ0n) is 9.19. The van der Waals surface area contributed by atoms with Gasteiger partial charge in [-0.05, 0) is 5.56 Å². The van der Waals surface area contributed by atoms with Crippen molar-refractivity contribution in [3.8, 4) is 6.07 Å². The molecule has 0 radical (unpaired) electrons. The van der Waals surface area contributed by atoms with Crippen LogP contribution in [0.4, 0.5) is 0 Å². The molecule has 0 aromatic heterocycles. The van der Waals surface area contributed by atoms with Gasteiger partial charge in [-0.15, -0.1) is 0 Å². The third kappa shape index (κ3) is 14.8. The van der Waals surface area contributed by atoms with Crippen molar-refractivity contribution in [2.75, 3.05) is 0 Å². The highest BCUT2D eigenvalue weighted by Gasteiger charge is 1.75. The van der Waals surface area contributed by atoms with Crippen LogP contribution in [0.15, 0.2) is 62.2 Å². The second kappa shape index (κ2) is 14.5. The lowest BCUT2D eigenvalue weighted by molar-refractivity contribution is 1.49. The maximum Gasteiger partial charge on any atom is 0.0587 e. The Kier molecular flexibility index (Phi) is 14.8. The van der Waals surface area contributed by atoms with Crippen LogP contribution in [0.1, 0.15) is 12.5 Å². The Morgan fingerprint density at radius 1 is 1.07 bits per heavy atom. The summed E-state index contributed by atoms with van der Waals surface area (Å²) < 4.78 is 0. The fourth-order valence-corrected chi connectivity index (χ4v) is 0.589. The van der Waals surface area contributed by atoms with Crippen LogP contribution < -0.4 is 0 Å². The third-order valence-corrected chi connectivity index (χ3v) is 1.20. The summed E-state index contributed by atoms with van der Waals surface area (Å²) in [6, 6.07) is 11.8. The standard InChI is InChI=1S/C8H8.C4H6.C2H3N/c1-2-8-6-4-3-5-7-8;1-3-4-2;1-2-3/h2-7H,1H2;3-4H,1-2H2;1H3. The van der Waals surface area contributed by atoms with Gasteiger partial charge in [0.25, 0.3) is 0 Å². The summed E-state index contributed by atoms with van der Waals surface area (Å²) in [5.74, 6) is 0. The average Bonchev–Trinajstić information content (AvgIpc) is 2.31. The highest BCUT2D eigenvalue weighted by Crippen LogP contribution is 1.97. The van der Waals surface area contributed by atoms with Gasteiger partial charge in [0.05, 0.1) is 6.07 Å². The van der Waals surface area contributed by atoms with Crippen molar-refractivity contribution in [1.29, 1.82) is 5.26 Å². The zero-order chi connectivity index (χ0) is 11.9. The third-order valence-electron chi connectivity index (χ3n) is 1.20. The van der Waals surface area contributed by atoms with Crippen molar-refractivity contribution in [3.05, 3.63) is 67.8 Å². The van der Waals surface area contributed by atoms with Crippen molar-refractivity contribution in [1.82, 2.24) is 0 Å². The highest BCUT2D eigenvalue weighted by atomic mass is 14.2. The van der Waals surface area contributed by atoms with Crippen LogP contribution in [0.5, 0.6) is 0 Å².